The average Bonchev–Trinajstić information content (AvgIpc) is 2.28. The lowest BCUT2D eigenvalue weighted by Gasteiger charge is -2.19. The van der Waals surface area contributed by atoms with Crippen LogP contribution in [0, 0.1) is 0 Å². The fraction of sp³-hybridized carbons (Fsp3) is 0.833. The van der Waals surface area contributed by atoms with Crippen molar-refractivity contribution in [1.82, 2.24) is 15.5 Å². The largest absolute Gasteiger partial charge is 0.347 e. The Balaban J connectivity index is 3.87. The number of carbonyl (C=O) groups excluding carboxylic acids is 2. The van der Waals surface area contributed by atoms with Crippen LogP contribution in [0.3, 0.4) is 0 Å². The molecule has 0 aromatic carbocycles. The molecule has 0 saturated heterocycles. The topological polar surface area (TPSA) is 61.4 Å². The third kappa shape index (κ3) is 6.94. The number of hydrogen-bond donors (Lipinski definition) is 2. The molecule has 2 amide bonds. The van der Waals surface area contributed by atoms with E-state index in [2.05, 4.69) is 10.6 Å². The number of hydrogen-bond acceptors (Lipinski definition) is 3. The molecule has 100 valence electrons. The van der Waals surface area contributed by atoms with Gasteiger partial charge in [0.1, 0.15) is 0 Å². The molecule has 2 N–H and O–H groups in total. The average molecular weight is 243 g/mol. The molecule has 1 atom stereocenters. The lowest BCUT2D eigenvalue weighted by Crippen LogP contribution is -2.41. The monoisotopic (exact) mass is 243 g/mol. The van der Waals surface area contributed by atoms with Gasteiger partial charge < -0.3 is 15.5 Å². The lowest BCUT2D eigenvalue weighted by molar-refractivity contribution is -0.132. The van der Waals surface area contributed by atoms with Crippen LogP contribution in [0.1, 0.15) is 34.1 Å². The van der Waals surface area contributed by atoms with Gasteiger partial charge in [-0.3, -0.25) is 9.59 Å². The van der Waals surface area contributed by atoms with Gasteiger partial charge in [-0.05, 0) is 27.3 Å². The highest BCUT2D eigenvalue weighted by molar-refractivity contribution is 5.84. The Morgan fingerprint density at radius 2 is 1.76 bits per heavy atom. The van der Waals surface area contributed by atoms with E-state index in [1.165, 1.54) is 0 Å². The van der Waals surface area contributed by atoms with Crippen LogP contribution in [0.25, 0.3) is 0 Å². The third-order valence-corrected chi connectivity index (χ3v) is 2.60. The summed E-state index contributed by atoms with van der Waals surface area (Å²) in [6.07, 6.45) is 0.402. The maximum atomic E-state index is 11.6. The highest BCUT2D eigenvalue weighted by Gasteiger charge is 2.12. The second-order valence-corrected chi connectivity index (χ2v) is 4.01. The number of nitrogens with one attached hydrogen (secondary N) is 2. The van der Waals surface area contributed by atoms with Gasteiger partial charge in [0, 0.05) is 25.6 Å². The molecule has 0 aromatic rings. The molecule has 0 fully saturated rings. The van der Waals surface area contributed by atoms with Crippen LogP contribution >= 0.6 is 0 Å². The summed E-state index contributed by atoms with van der Waals surface area (Å²) in [5, 5.41) is 5.80. The number of carbonyl (C=O) groups is 2. The molecule has 0 aliphatic rings. The van der Waals surface area contributed by atoms with E-state index in [9.17, 15) is 9.59 Å². The summed E-state index contributed by atoms with van der Waals surface area (Å²) < 4.78 is 0. The third-order valence-electron chi connectivity index (χ3n) is 2.60. The highest BCUT2D eigenvalue weighted by atomic mass is 16.2. The fourth-order valence-electron chi connectivity index (χ4n) is 1.63. The molecule has 0 heterocycles. The Kier molecular flexibility index (Phi) is 8.40. The van der Waals surface area contributed by atoms with Gasteiger partial charge in [-0.1, -0.05) is 6.92 Å². The van der Waals surface area contributed by atoms with Crippen molar-refractivity contribution in [2.45, 2.75) is 40.2 Å². The summed E-state index contributed by atoms with van der Waals surface area (Å²) in [6.45, 7) is 10.1. The van der Waals surface area contributed by atoms with Gasteiger partial charge in [-0.25, -0.2) is 0 Å². The normalized spacial score (nSPS) is 12.0. The first-order valence-corrected chi connectivity index (χ1v) is 6.32. The van der Waals surface area contributed by atoms with Crippen LogP contribution in [-0.4, -0.2) is 48.9 Å². The number of amides is 2. The van der Waals surface area contributed by atoms with Crippen LogP contribution in [0.15, 0.2) is 0 Å². The SMILES string of the molecule is CCNC(C)CC(=O)NCC(=O)N(CC)CC. The fourth-order valence-corrected chi connectivity index (χ4v) is 1.63. The van der Waals surface area contributed by atoms with Crippen molar-refractivity contribution in [1.29, 1.82) is 0 Å². The zero-order valence-electron chi connectivity index (χ0n) is 11.4. The molecule has 1 unspecified atom stereocenters. The first-order chi connectivity index (χ1) is 8.04. The van der Waals surface area contributed by atoms with Gasteiger partial charge >= 0.3 is 0 Å². The maximum absolute atomic E-state index is 11.6. The minimum atomic E-state index is -0.0843. The Morgan fingerprint density at radius 1 is 1.18 bits per heavy atom. The Morgan fingerprint density at radius 3 is 2.24 bits per heavy atom. The molecular formula is C12H25N3O2. The summed E-state index contributed by atoms with van der Waals surface area (Å²) in [5.74, 6) is -0.113. The molecule has 17 heavy (non-hydrogen) atoms. The van der Waals surface area contributed by atoms with Crippen molar-refractivity contribution < 1.29 is 9.59 Å². The van der Waals surface area contributed by atoms with Crippen LogP contribution in [0.5, 0.6) is 0 Å². The summed E-state index contributed by atoms with van der Waals surface area (Å²) >= 11 is 0. The summed E-state index contributed by atoms with van der Waals surface area (Å²) in [4.78, 5) is 24.8. The van der Waals surface area contributed by atoms with Crippen molar-refractivity contribution in [2.24, 2.45) is 0 Å². The van der Waals surface area contributed by atoms with Crippen molar-refractivity contribution >= 4 is 11.8 Å². The summed E-state index contributed by atoms with van der Waals surface area (Å²) in [5.41, 5.74) is 0. The van der Waals surface area contributed by atoms with Crippen molar-refractivity contribution in [3.63, 3.8) is 0 Å². The van der Waals surface area contributed by atoms with E-state index in [1.54, 1.807) is 4.90 Å². The zero-order valence-corrected chi connectivity index (χ0v) is 11.4. The quantitative estimate of drug-likeness (QED) is 0.647. The van der Waals surface area contributed by atoms with Crippen molar-refractivity contribution in [3.05, 3.63) is 0 Å². The molecule has 0 aliphatic heterocycles. The summed E-state index contributed by atoms with van der Waals surface area (Å²) in [6, 6.07) is 0.142. The molecule has 0 aliphatic carbocycles. The molecule has 5 heteroatoms. The smallest absolute Gasteiger partial charge is 0.241 e. The predicted molar refractivity (Wildman–Crippen MR) is 68.7 cm³/mol. The van der Waals surface area contributed by atoms with Gasteiger partial charge in [-0.15, -0.1) is 0 Å². The lowest BCUT2D eigenvalue weighted by atomic mass is 10.2. The van der Waals surface area contributed by atoms with E-state index in [4.69, 9.17) is 0 Å². The molecule has 0 bridgehead atoms. The first kappa shape index (κ1) is 15.9. The second-order valence-electron chi connectivity index (χ2n) is 4.01. The van der Waals surface area contributed by atoms with Crippen LogP contribution < -0.4 is 10.6 Å². The van der Waals surface area contributed by atoms with Crippen LogP contribution in [0.2, 0.25) is 0 Å². The Bertz CT molecular complexity index is 240. The van der Waals surface area contributed by atoms with Crippen molar-refractivity contribution in [3.8, 4) is 0 Å². The van der Waals surface area contributed by atoms with Gasteiger partial charge in [0.25, 0.3) is 0 Å². The Hall–Kier alpha value is -1.10. The Labute approximate surface area is 104 Å². The van der Waals surface area contributed by atoms with E-state index in [1.807, 2.05) is 27.7 Å². The molecule has 0 rings (SSSR count). The molecule has 0 radical (unpaired) electrons. The van der Waals surface area contributed by atoms with E-state index in [0.717, 1.165) is 6.54 Å². The second kappa shape index (κ2) is 8.98. The van der Waals surface area contributed by atoms with Crippen LogP contribution in [0.4, 0.5) is 0 Å². The molecule has 0 aromatic heterocycles. The zero-order chi connectivity index (χ0) is 13.3. The van der Waals surface area contributed by atoms with Gasteiger partial charge in [0.05, 0.1) is 6.54 Å². The minimum Gasteiger partial charge on any atom is -0.347 e. The molecule has 5 nitrogen and oxygen atoms in total. The molecular weight excluding hydrogens is 218 g/mol. The minimum absolute atomic E-state index is 0.0283. The first-order valence-electron chi connectivity index (χ1n) is 6.32. The van der Waals surface area contributed by atoms with E-state index >= 15 is 0 Å². The van der Waals surface area contributed by atoms with Gasteiger partial charge in [0.15, 0.2) is 0 Å². The van der Waals surface area contributed by atoms with E-state index < -0.39 is 0 Å². The standard InChI is InChI=1S/C12H25N3O2/c1-5-13-10(4)8-11(16)14-9-12(17)15(6-2)7-3/h10,13H,5-9H2,1-4H3,(H,14,16). The van der Waals surface area contributed by atoms with E-state index in [-0.39, 0.29) is 24.4 Å². The maximum Gasteiger partial charge on any atom is 0.241 e. The number of likely N-dealkylation sites (N-methyl/N-ethyl adjacent to an activating group) is 1. The van der Waals surface area contributed by atoms with Crippen LogP contribution in [-0.2, 0) is 9.59 Å². The number of rotatable bonds is 8. The van der Waals surface area contributed by atoms with E-state index in [0.29, 0.717) is 19.5 Å². The molecule has 0 saturated carbocycles. The van der Waals surface area contributed by atoms with Gasteiger partial charge in [-0.2, -0.15) is 0 Å². The summed E-state index contributed by atoms with van der Waals surface area (Å²) in [7, 11) is 0. The highest BCUT2D eigenvalue weighted by Crippen LogP contribution is 1.91. The van der Waals surface area contributed by atoms with Crippen molar-refractivity contribution in [2.75, 3.05) is 26.2 Å². The van der Waals surface area contributed by atoms with Gasteiger partial charge in [0.2, 0.25) is 11.8 Å². The number of nitrogens with zero attached hydrogens (tertiary/aromatic N) is 1. The predicted octanol–water partition coefficient (Wildman–Crippen LogP) is 0.359. The molecule has 0 spiro atoms.